The molecule has 0 radical (unpaired) electrons. The number of nitrogens with two attached hydrogens (primary N) is 1. The summed E-state index contributed by atoms with van der Waals surface area (Å²) in [5, 5.41) is 18.5. The first-order valence-electron chi connectivity index (χ1n) is 4.79. The molecule has 0 aliphatic heterocycles. The Labute approximate surface area is 89.5 Å². The van der Waals surface area contributed by atoms with Crippen molar-refractivity contribution in [2.24, 2.45) is 5.73 Å². The van der Waals surface area contributed by atoms with Gasteiger partial charge in [-0.05, 0) is 18.9 Å². The Balaban J connectivity index is 2.94. The number of benzene rings is 1. The van der Waals surface area contributed by atoms with E-state index in [0.29, 0.717) is 12.0 Å². The van der Waals surface area contributed by atoms with E-state index in [4.69, 9.17) is 11.0 Å². The summed E-state index contributed by atoms with van der Waals surface area (Å²) in [7, 11) is 0. The molecule has 0 bridgehead atoms. The highest BCUT2D eigenvalue weighted by atomic mass is 16.3. The third-order valence-corrected chi connectivity index (χ3v) is 2.27. The number of rotatable bonds is 4. The number of nitrogens with zero attached hydrogens (tertiary/aromatic N) is 1. The molecule has 1 aromatic rings. The van der Waals surface area contributed by atoms with Gasteiger partial charge in [-0.25, -0.2) is 0 Å². The lowest BCUT2D eigenvalue weighted by Crippen LogP contribution is -2.10. The maximum Gasteiger partial charge on any atom is 0.138 e. The van der Waals surface area contributed by atoms with Crippen LogP contribution in [0, 0.1) is 11.3 Å². The van der Waals surface area contributed by atoms with E-state index in [1.54, 1.807) is 24.3 Å². The second kappa shape index (κ2) is 5.18. The van der Waals surface area contributed by atoms with E-state index in [1.165, 1.54) is 0 Å². The van der Waals surface area contributed by atoms with Gasteiger partial charge >= 0.3 is 0 Å². The minimum Gasteiger partial charge on any atom is -0.506 e. The van der Waals surface area contributed by atoms with Crippen molar-refractivity contribution in [1.82, 2.24) is 0 Å². The number of nitriles is 1. The van der Waals surface area contributed by atoms with Gasteiger partial charge in [0, 0.05) is 11.6 Å². The molecule has 1 atom stereocenters. The SMILES string of the molecule is C=CCC[C@@H](N)c1cccc(C#N)c1O. The van der Waals surface area contributed by atoms with Crippen molar-refractivity contribution in [3.8, 4) is 11.8 Å². The topological polar surface area (TPSA) is 70.0 Å². The molecule has 78 valence electrons. The van der Waals surface area contributed by atoms with Crippen LogP contribution in [0.2, 0.25) is 0 Å². The molecule has 0 aliphatic carbocycles. The number of phenolic OH excluding ortho intramolecular Hbond substituents is 1. The highest BCUT2D eigenvalue weighted by Crippen LogP contribution is 2.28. The molecule has 0 spiro atoms. The van der Waals surface area contributed by atoms with E-state index in [0.717, 1.165) is 6.42 Å². The van der Waals surface area contributed by atoms with Gasteiger partial charge in [0.1, 0.15) is 11.8 Å². The lowest BCUT2D eigenvalue weighted by Gasteiger charge is -2.12. The number of hydrogen-bond acceptors (Lipinski definition) is 3. The molecule has 0 aliphatic rings. The van der Waals surface area contributed by atoms with Crippen LogP contribution in [0.25, 0.3) is 0 Å². The van der Waals surface area contributed by atoms with Crippen molar-refractivity contribution >= 4 is 0 Å². The lowest BCUT2D eigenvalue weighted by atomic mass is 9.99. The fourth-order valence-electron chi connectivity index (χ4n) is 1.40. The minimum absolute atomic E-state index is 0.00318. The van der Waals surface area contributed by atoms with Gasteiger partial charge < -0.3 is 10.8 Å². The maximum atomic E-state index is 9.73. The summed E-state index contributed by atoms with van der Waals surface area (Å²) in [5.41, 5.74) is 6.77. The number of para-hydroxylation sites is 1. The molecule has 0 saturated carbocycles. The van der Waals surface area contributed by atoms with Crippen LogP contribution in [0.5, 0.6) is 5.75 Å². The number of allylic oxidation sites excluding steroid dienone is 1. The van der Waals surface area contributed by atoms with Crippen molar-refractivity contribution in [3.05, 3.63) is 42.0 Å². The van der Waals surface area contributed by atoms with E-state index in [9.17, 15) is 5.11 Å². The van der Waals surface area contributed by atoms with Crippen LogP contribution >= 0.6 is 0 Å². The van der Waals surface area contributed by atoms with E-state index in [2.05, 4.69) is 6.58 Å². The van der Waals surface area contributed by atoms with Gasteiger partial charge in [0.2, 0.25) is 0 Å². The second-order valence-corrected chi connectivity index (χ2v) is 3.33. The predicted octanol–water partition coefficient (Wildman–Crippen LogP) is 2.23. The van der Waals surface area contributed by atoms with Gasteiger partial charge in [-0.1, -0.05) is 18.2 Å². The van der Waals surface area contributed by atoms with Crippen LogP contribution in [0.15, 0.2) is 30.9 Å². The number of aromatic hydroxyl groups is 1. The Hall–Kier alpha value is -1.79. The largest absolute Gasteiger partial charge is 0.506 e. The molecule has 0 heterocycles. The first-order chi connectivity index (χ1) is 7.20. The zero-order valence-corrected chi connectivity index (χ0v) is 8.48. The highest BCUT2D eigenvalue weighted by Gasteiger charge is 2.12. The quantitative estimate of drug-likeness (QED) is 0.735. The molecule has 3 heteroatoms. The summed E-state index contributed by atoms with van der Waals surface area (Å²) in [6.07, 6.45) is 3.29. The minimum atomic E-state index is -0.253. The molecular formula is C12H14N2O. The molecule has 0 amide bonds. The van der Waals surface area contributed by atoms with Crippen molar-refractivity contribution in [1.29, 1.82) is 5.26 Å². The Kier molecular flexibility index (Phi) is 3.90. The van der Waals surface area contributed by atoms with Crippen LogP contribution in [0.4, 0.5) is 0 Å². The smallest absolute Gasteiger partial charge is 0.138 e. The van der Waals surface area contributed by atoms with E-state index >= 15 is 0 Å². The van der Waals surface area contributed by atoms with E-state index < -0.39 is 0 Å². The molecular weight excluding hydrogens is 188 g/mol. The van der Waals surface area contributed by atoms with Crippen LogP contribution in [-0.4, -0.2) is 5.11 Å². The van der Waals surface area contributed by atoms with Crippen LogP contribution in [0.3, 0.4) is 0 Å². The molecule has 0 fully saturated rings. The summed E-state index contributed by atoms with van der Waals surface area (Å²) in [4.78, 5) is 0. The molecule has 3 N–H and O–H groups in total. The number of hydrogen-bond donors (Lipinski definition) is 2. The average molecular weight is 202 g/mol. The lowest BCUT2D eigenvalue weighted by molar-refractivity contribution is 0.457. The highest BCUT2D eigenvalue weighted by molar-refractivity contribution is 5.48. The molecule has 3 nitrogen and oxygen atoms in total. The van der Waals surface area contributed by atoms with Gasteiger partial charge in [-0.15, -0.1) is 6.58 Å². The van der Waals surface area contributed by atoms with E-state index in [1.807, 2.05) is 6.07 Å². The van der Waals surface area contributed by atoms with Crippen LogP contribution in [0.1, 0.15) is 30.0 Å². The normalized spacial score (nSPS) is 11.7. The second-order valence-electron chi connectivity index (χ2n) is 3.33. The standard InChI is InChI=1S/C12H14N2O/c1-2-3-7-11(14)10-6-4-5-9(8-13)12(10)15/h2,4-6,11,15H,1,3,7,14H2/t11-/m1/s1. The molecule has 0 unspecified atom stereocenters. The predicted molar refractivity (Wildman–Crippen MR) is 59.2 cm³/mol. The molecule has 15 heavy (non-hydrogen) atoms. The third kappa shape index (κ3) is 2.58. The fourth-order valence-corrected chi connectivity index (χ4v) is 1.40. The summed E-state index contributed by atoms with van der Waals surface area (Å²) >= 11 is 0. The van der Waals surface area contributed by atoms with E-state index in [-0.39, 0.29) is 17.4 Å². The average Bonchev–Trinajstić information content (AvgIpc) is 2.26. The van der Waals surface area contributed by atoms with Crippen molar-refractivity contribution in [2.75, 3.05) is 0 Å². The van der Waals surface area contributed by atoms with Gasteiger partial charge in [-0.2, -0.15) is 5.26 Å². The van der Waals surface area contributed by atoms with Crippen LogP contribution in [-0.2, 0) is 0 Å². The van der Waals surface area contributed by atoms with Crippen LogP contribution < -0.4 is 5.73 Å². The Bertz CT molecular complexity index is 393. The van der Waals surface area contributed by atoms with Gasteiger partial charge in [0.25, 0.3) is 0 Å². The van der Waals surface area contributed by atoms with Gasteiger partial charge in [0.05, 0.1) is 5.56 Å². The molecule has 0 aromatic heterocycles. The Morgan fingerprint density at radius 3 is 2.93 bits per heavy atom. The zero-order chi connectivity index (χ0) is 11.3. The van der Waals surface area contributed by atoms with Crippen molar-refractivity contribution in [3.63, 3.8) is 0 Å². The number of phenols is 1. The zero-order valence-electron chi connectivity index (χ0n) is 8.48. The summed E-state index contributed by atoms with van der Waals surface area (Å²) < 4.78 is 0. The van der Waals surface area contributed by atoms with Gasteiger partial charge in [0.15, 0.2) is 0 Å². The van der Waals surface area contributed by atoms with Crippen molar-refractivity contribution < 1.29 is 5.11 Å². The monoisotopic (exact) mass is 202 g/mol. The van der Waals surface area contributed by atoms with Crippen molar-refractivity contribution in [2.45, 2.75) is 18.9 Å². The Morgan fingerprint density at radius 2 is 2.33 bits per heavy atom. The summed E-state index contributed by atoms with van der Waals surface area (Å²) in [5.74, 6) is -0.00318. The Morgan fingerprint density at radius 1 is 1.60 bits per heavy atom. The van der Waals surface area contributed by atoms with Gasteiger partial charge in [-0.3, -0.25) is 0 Å². The fraction of sp³-hybridized carbons (Fsp3) is 0.250. The summed E-state index contributed by atoms with van der Waals surface area (Å²) in [6.45, 7) is 3.61. The third-order valence-electron chi connectivity index (χ3n) is 2.27. The molecule has 0 saturated heterocycles. The molecule has 1 rings (SSSR count). The summed E-state index contributed by atoms with van der Waals surface area (Å²) in [6, 6.07) is 6.70. The first kappa shape index (κ1) is 11.3. The molecule has 1 aromatic carbocycles. The first-order valence-corrected chi connectivity index (χ1v) is 4.79. The maximum absolute atomic E-state index is 9.73.